The topological polar surface area (TPSA) is 61.0 Å². The summed E-state index contributed by atoms with van der Waals surface area (Å²) in [6, 6.07) is 9.93. The molecule has 7 heteroatoms. The van der Waals surface area contributed by atoms with Gasteiger partial charge in [-0.15, -0.1) is 0 Å². The third-order valence-electron chi connectivity index (χ3n) is 4.39. The Bertz CT molecular complexity index is 785. The zero-order valence-corrected chi connectivity index (χ0v) is 17.9. The second-order valence-corrected chi connectivity index (χ2v) is 7.36. The summed E-state index contributed by atoms with van der Waals surface area (Å²) in [6.45, 7) is 4.31. The van der Waals surface area contributed by atoms with Crippen LogP contribution < -0.4 is 29.6 Å². The number of hydrogen-bond acceptors (Lipinski definition) is 6. The van der Waals surface area contributed by atoms with E-state index in [4.69, 9.17) is 18.9 Å². The van der Waals surface area contributed by atoms with Crippen LogP contribution in [0.1, 0.15) is 17.5 Å². The van der Waals surface area contributed by atoms with Crippen LogP contribution in [0.2, 0.25) is 0 Å². The van der Waals surface area contributed by atoms with Crippen LogP contribution >= 0.6 is 15.9 Å². The highest BCUT2D eigenvalue weighted by Gasteiger charge is 2.14. The van der Waals surface area contributed by atoms with Crippen molar-refractivity contribution in [1.29, 1.82) is 0 Å². The van der Waals surface area contributed by atoms with Crippen molar-refractivity contribution in [1.82, 2.24) is 10.6 Å². The van der Waals surface area contributed by atoms with Crippen LogP contribution in [-0.4, -0.2) is 40.5 Å². The maximum Gasteiger partial charge on any atom is 0.175 e. The van der Waals surface area contributed by atoms with Crippen molar-refractivity contribution in [3.05, 3.63) is 45.9 Å². The Balaban J connectivity index is 1.63. The molecule has 28 heavy (non-hydrogen) atoms. The largest absolute Gasteiger partial charge is 0.493 e. The Hall–Kier alpha value is -1.96. The average Bonchev–Trinajstić information content (AvgIpc) is 2.72. The first-order valence-electron chi connectivity index (χ1n) is 9.44. The fourth-order valence-corrected chi connectivity index (χ4v) is 3.58. The molecule has 0 saturated heterocycles. The van der Waals surface area contributed by atoms with E-state index in [0.29, 0.717) is 31.3 Å². The van der Waals surface area contributed by atoms with Crippen molar-refractivity contribution in [3.8, 4) is 23.0 Å². The third kappa shape index (κ3) is 5.53. The number of methoxy groups -OCH3 is 1. The molecule has 2 N–H and O–H groups in total. The van der Waals surface area contributed by atoms with Crippen molar-refractivity contribution in [2.24, 2.45) is 0 Å². The molecule has 6 nitrogen and oxygen atoms in total. The maximum atomic E-state index is 6.05. The Morgan fingerprint density at radius 1 is 1.04 bits per heavy atom. The molecule has 0 aliphatic carbocycles. The van der Waals surface area contributed by atoms with Crippen molar-refractivity contribution < 1.29 is 18.9 Å². The van der Waals surface area contributed by atoms with E-state index in [1.165, 1.54) is 0 Å². The standard InChI is InChI=1S/C21H27BrN2O4/c1-23-6-3-7-24-13-16-10-17(22)21(20(12-16)25-2)28-14-15-4-5-18-19(11-15)27-9-8-26-18/h4-5,10-12,23-24H,3,6-9,13-14H2,1-2H3. The second-order valence-electron chi connectivity index (χ2n) is 6.51. The summed E-state index contributed by atoms with van der Waals surface area (Å²) in [5.41, 5.74) is 2.15. The number of hydrogen-bond donors (Lipinski definition) is 2. The summed E-state index contributed by atoms with van der Waals surface area (Å²) < 4.78 is 23.7. The van der Waals surface area contributed by atoms with Crippen LogP contribution in [0.5, 0.6) is 23.0 Å². The first-order chi connectivity index (χ1) is 13.7. The molecule has 1 heterocycles. The lowest BCUT2D eigenvalue weighted by Crippen LogP contribution is -2.19. The number of ether oxygens (including phenoxy) is 4. The normalized spacial score (nSPS) is 12.7. The SMILES string of the molecule is CNCCCNCc1cc(Br)c(OCc2ccc3c(c2)OCCO3)c(OC)c1. The fraction of sp³-hybridized carbons (Fsp3) is 0.429. The molecule has 0 spiro atoms. The van der Waals surface area contributed by atoms with E-state index in [-0.39, 0.29) is 0 Å². The van der Waals surface area contributed by atoms with Gasteiger partial charge < -0.3 is 29.6 Å². The molecule has 0 unspecified atom stereocenters. The molecular weight excluding hydrogens is 424 g/mol. The second kappa shape index (κ2) is 10.5. The lowest BCUT2D eigenvalue weighted by molar-refractivity contribution is 0.171. The molecule has 0 saturated carbocycles. The number of nitrogens with one attached hydrogen (secondary N) is 2. The van der Waals surface area contributed by atoms with E-state index < -0.39 is 0 Å². The van der Waals surface area contributed by atoms with Crippen LogP contribution in [0, 0.1) is 0 Å². The van der Waals surface area contributed by atoms with Crippen molar-refractivity contribution in [3.63, 3.8) is 0 Å². The van der Waals surface area contributed by atoms with Crippen LogP contribution in [0.25, 0.3) is 0 Å². The summed E-state index contributed by atoms with van der Waals surface area (Å²) in [6.07, 6.45) is 1.09. The Morgan fingerprint density at radius 2 is 1.86 bits per heavy atom. The van der Waals surface area contributed by atoms with Crippen LogP contribution in [0.4, 0.5) is 0 Å². The monoisotopic (exact) mass is 450 g/mol. The molecule has 0 aromatic heterocycles. The highest BCUT2D eigenvalue weighted by Crippen LogP contribution is 2.38. The molecular formula is C21H27BrN2O4. The number of halogens is 1. The molecule has 0 bridgehead atoms. The quantitative estimate of drug-likeness (QED) is 0.540. The van der Waals surface area contributed by atoms with Gasteiger partial charge in [0.2, 0.25) is 0 Å². The molecule has 1 aliphatic rings. The molecule has 0 atom stereocenters. The third-order valence-corrected chi connectivity index (χ3v) is 4.98. The van der Waals surface area contributed by atoms with E-state index in [1.54, 1.807) is 7.11 Å². The average molecular weight is 451 g/mol. The van der Waals surface area contributed by atoms with E-state index in [9.17, 15) is 0 Å². The van der Waals surface area contributed by atoms with E-state index in [0.717, 1.165) is 53.2 Å². The minimum atomic E-state index is 0.410. The molecule has 2 aromatic carbocycles. The van der Waals surface area contributed by atoms with Gasteiger partial charge in [-0.25, -0.2) is 0 Å². The molecule has 0 fully saturated rings. The summed E-state index contributed by atoms with van der Waals surface area (Å²) in [5.74, 6) is 2.94. The van der Waals surface area contributed by atoms with Crippen molar-refractivity contribution >= 4 is 15.9 Å². The molecule has 152 valence electrons. The van der Waals surface area contributed by atoms with E-state index in [2.05, 4.69) is 32.6 Å². The molecule has 3 rings (SSSR count). The summed E-state index contributed by atoms with van der Waals surface area (Å²) >= 11 is 3.62. The Morgan fingerprint density at radius 3 is 2.64 bits per heavy atom. The van der Waals surface area contributed by atoms with Crippen molar-refractivity contribution in [2.45, 2.75) is 19.6 Å². The van der Waals surface area contributed by atoms with Gasteiger partial charge in [0.05, 0.1) is 11.6 Å². The first kappa shape index (κ1) is 20.8. The van der Waals surface area contributed by atoms with Crippen LogP contribution in [0.15, 0.2) is 34.8 Å². The van der Waals surface area contributed by atoms with Gasteiger partial charge in [-0.05, 0) is 77.9 Å². The lowest BCUT2D eigenvalue weighted by atomic mass is 10.2. The highest BCUT2D eigenvalue weighted by atomic mass is 79.9. The molecule has 1 aliphatic heterocycles. The zero-order valence-electron chi connectivity index (χ0n) is 16.3. The van der Waals surface area contributed by atoms with Crippen LogP contribution in [-0.2, 0) is 13.2 Å². The highest BCUT2D eigenvalue weighted by molar-refractivity contribution is 9.10. The predicted octanol–water partition coefficient (Wildman–Crippen LogP) is 3.51. The molecule has 0 radical (unpaired) electrons. The van der Waals surface area contributed by atoms with Crippen LogP contribution in [0.3, 0.4) is 0 Å². The Labute approximate surface area is 174 Å². The molecule has 0 amide bonds. The van der Waals surface area contributed by atoms with Gasteiger partial charge in [0.25, 0.3) is 0 Å². The van der Waals surface area contributed by atoms with Gasteiger partial charge >= 0.3 is 0 Å². The smallest absolute Gasteiger partial charge is 0.175 e. The van der Waals surface area contributed by atoms with Gasteiger partial charge in [-0.1, -0.05) is 6.07 Å². The minimum absolute atomic E-state index is 0.410. The van der Waals surface area contributed by atoms with Crippen molar-refractivity contribution in [2.75, 3.05) is 40.5 Å². The van der Waals surface area contributed by atoms with E-state index in [1.807, 2.05) is 31.3 Å². The maximum absolute atomic E-state index is 6.05. The molecule has 2 aromatic rings. The number of fused-ring (bicyclic) bond motifs is 1. The Kier molecular flexibility index (Phi) is 7.82. The summed E-state index contributed by atoms with van der Waals surface area (Å²) in [5, 5.41) is 6.58. The van der Waals surface area contributed by atoms with Gasteiger partial charge in [0.15, 0.2) is 23.0 Å². The lowest BCUT2D eigenvalue weighted by Gasteiger charge is -2.19. The zero-order chi connectivity index (χ0) is 19.8. The predicted molar refractivity (Wildman–Crippen MR) is 113 cm³/mol. The fourth-order valence-electron chi connectivity index (χ4n) is 2.97. The number of benzene rings is 2. The van der Waals surface area contributed by atoms with E-state index >= 15 is 0 Å². The van der Waals surface area contributed by atoms with Gasteiger partial charge in [0, 0.05) is 6.54 Å². The summed E-state index contributed by atoms with van der Waals surface area (Å²) in [4.78, 5) is 0. The van der Waals surface area contributed by atoms with Gasteiger partial charge in [0.1, 0.15) is 19.8 Å². The number of rotatable bonds is 10. The van der Waals surface area contributed by atoms with Gasteiger partial charge in [-0.3, -0.25) is 0 Å². The van der Waals surface area contributed by atoms with Gasteiger partial charge in [-0.2, -0.15) is 0 Å². The first-order valence-corrected chi connectivity index (χ1v) is 10.2. The summed E-state index contributed by atoms with van der Waals surface area (Å²) in [7, 11) is 3.62. The minimum Gasteiger partial charge on any atom is -0.493 e.